The van der Waals surface area contributed by atoms with Crippen molar-refractivity contribution in [2.24, 2.45) is 0 Å². The van der Waals surface area contributed by atoms with Crippen molar-refractivity contribution in [3.63, 3.8) is 0 Å². The van der Waals surface area contributed by atoms with Gasteiger partial charge in [-0.05, 0) is 53.0 Å². The van der Waals surface area contributed by atoms with E-state index in [-0.39, 0.29) is 0 Å². The third-order valence-electron chi connectivity index (χ3n) is 2.04. The molecule has 0 saturated carbocycles. The summed E-state index contributed by atoms with van der Waals surface area (Å²) in [6.45, 7) is 7.27. The first-order valence-corrected chi connectivity index (χ1v) is 5.70. The molecule has 0 unspecified atom stereocenters. The molecule has 3 heteroatoms. The summed E-state index contributed by atoms with van der Waals surface area (Å²) < 4.78 is 5.51. The van der Waals surface area contributed by atoms with Crippen LogP contribution in [0.25, 0.3) is 0 Å². The first kappa shape index (κ1) is 13.9. The van der Waals surface area contributed by atoms with Gasteiger partial charge in [-0.2, -0.15) is 0 Å². The van der Waals surface area contributed by atoms with Crippen LogP contribution in [-0.2, 0) is 4.74 Å². The van der Waals surface area contributed by atoms with Crippen LogP contribution in [0.4, 0.5) is 0 Å². The number of nitrogens with zero attached hydrogens (tertiary/aromatic N) is 1. The van der Waals surface area contributed by atoms with Crippen molar-refractivity contribution in [3.05, 3.63) is 0 Å². The van der Waals surface area contributed by atoms with Crippen LogP contribution >= 0.6 is 0 Å². The van der Waals surface area contributed by atoms with Crippen LogP contribution in [0.1, 0.15) is 26.2 Å². The topological polar surface area (TPSA) is 24.5 Å². The van der Waals surface area contributed by atoms with E-state index >= 15 is 0 Å². The van der Waals surface area contributed by atoms with E-state index in [0.29, 0.717) is 0 Å². The average molecular weight is 202 g/mol. The van der Waals surface area contributed by atoms with Gasteiger partial charge in [-0.25, -0.2) is 0 Å². The lowest BCUT2D eigenvalue weighted by Crippen LogP contribution is -2.16. The van der Waals surface area contributed by atoms with Crippen molar-refractivity contribution in [1.82, 2.24) is 10.2 Å². The summed E-state index contributed by atoms with van der Waals surface area (Å²) in [6, 6.07) is 0. The summed E-state index contributed by atoms with van der Waals surface area (Å²) >= 11 is 0. The molecule has 14 heavy (non-hydrogen) atoms. The highest BCUT2D eigenvalue weighted by Gasteiger charge is 1.92. The molecule has 0 aliphatic rings. The van der Waals surface area contributed by atoms with Gasteiger partial charge >= 0.3 is 0 Å². The van der Waals surface area contributed by atoms with E-state index in [1.54, 1.807) is 0 Å². The molecule has 0 atom stereocenters. The molecule has 0 heterocycles. The summed E-state index contributed by atoms with van der Waals surface area (Å²) in [7, 11) is 4.19. The SMILES string of the molecule is CCNCCCCOCCCN(C)C. The fraction of sp³-hybridized carbons (Fsp3) is 1.00. The van der Waals surface area contributed by atoms with Gasteiger partial charge in [-0.3, -0.25) is 0 Å². The molecular weight excluding hydrogens is 176 g/mol. The van der Waals surface area contributed by atoms with Gasteiger partial charge in [0.1, 0.15) is 0 Å². The highest BCUT2D eigenvalue weighted by Crippen LogP contribution is 1.91. The first-order valence-electron chi connectivity index (χ1n) is 5.70. The summed E-state index contributed by atoms with van der Waals surface area (Å²) in [6.07, 6.45) is 3.54. The van der Waals surface area contributed by atoms with Gasteiger partial charge in [0.2, 0.25) is 0 Å². The Hall–Kier alpha value is -0.120. The smallest absolute Gasteiger partial charge is 0.0478 e. The molecule has 0 aliphatic heterocycles. The van der Waals surface area contributed by atoms with E-state index in [4.69, 9.17) is 4.74 Å². The van der Waals surface area contributed by atoms with Crippen LogP contribution in [-0.4, -0.2) is 51.8 Å². The maximum absolute atomic E-state index is 5.51. The molecule has 0 saturated heterocycles. The van der Waals surface area contributed by atoms with E-state index in [2.05, 4.69) is 31.2 Å². The number of nitrogens with one attached hydrogen (secondary N) is 1. The second-order valence-electron chi connectivity index (χ2n) is 3.83. The molecule has 1 N–H and O–H groups in total. The summed E-state index contributed by atoms with van der Waals surface area (Å²) in [5, 5.41) is 3.30. The predicted molar refractivity (Wildman–Crippen MR) is 61.8 cm³/mol. The number of ether oxygens (including phenoxy) is 1. The molecule has 0 aromatic carbocycles. The van der Waals surface area contributed by atoms with E-state index in [1.165, 1.54) is 12.8 Å². The minimum Gasteiger partial charge on any atom is -0.381 e. The zero-order chi connectivity index (χ0) is 10.6. The number of hydrogen-bond donors (Lipinski definition) is 1. The van der Waals surface area contributed by atoms with Gasteiger partial charge in [0.15, 0.2) is 0 Å². The zero-order valence-corrected chi connectivity index (χ0v) is 10.0. The molecule has 0 rings (SSSR count). The van der Waals surface area contributed by atoms with Crippen LogP contribution in [0.3, 0.4) is 0 Å². The molecule has 0 aliphatic carbocycles. The van der Waals surface area contributed by atoms with Crippen LogP contribution in [0.15, 0.2) is 0 Å². The summed E-state index contributed by atoms with van der Waals surface area (Å²) in [5.41, 5.74) is 0. The van der Waals surface area contributed by atoms with Gasteiger partial charge in [-0.1, -0.05) is 6.92 Å². The average Bonchev–Trinajstić information content (AvgIpc) is 2.15. The van der Waals surface area contributed by atoms with Crippen molar-refractivity contribution in [1.29, 1.82) is 0 Å². The molecule has 0 fully saturated rings. The molecule has 0 radical (unpaired) electrons. The van der Waals surface area contributed by atoms with E-state index in [0.717, 1.165) is 39.3 Å². The third-order valence-corrected chi connectivity index (χ3v) is 2.04. The van der Waals surface area contributed by atoms with Gasteiger partial charge in [0, 0.05) is 13.2 Å². The van der Waals surface area contributed by atoms with Gasteiger partial charge in [0.05, 0.1) is 0 Å². The highest BCUT2D eigenvalue weighted by atomic mass is 16.5. The minimum absolute atomic E-state index is 0.902. The quantitative estimate of drug-likeness (QED) is 0.541. The Kier molecular flexibility index (Phi) is 10.9. The van der Waals surface area contributed by atoms with Crippen molar-refractivity contribution in [3.8, 4) is 0 Å². The monoisotopic (exact) mass is 202 g/mol. The first-order chi connectivity index (χ1) is 6.77. The molecule has 3 nitrogen and oxygen atoms in total. The van der Waals surface area contributed by atoms with Gasteiger partial charge in [0.25, 0.3) is 0 Å². The largest absolute Gasteiger partial charge is 0.381 e. The van der Waals surface area contributed by atoms with E-state index in [1.807, 2.05) is 0 Å². The number of unbranched alkanes of at least 4 members (excludes halogenated alkanes) is 1. The minimum atomic E-state index is 0.902. The Labute approximate surface area is 88.8 Å². The Balaban J connectivity index is 2.85. The maximum atomic E-state index is 5.51. The molecule has 0 aromatic rings. The second-order valence-corrected chi connectivity index (χ2v) is 3.83. The lowest BCUT2D eigenvalue weighted by Gasteiger charge is -2.09. The van der Waals surface area contributed by atoms with Crippen molar-refractivity contribution < 1.29 is 4.74 Å². The molecule has 0 aromatic heterocycles. The van der Waals surface area contributed by atoms with E-state index in [9.17, 15) is 0 Å². The molecule has 0 spiro atoms. The fourth-order valence-electron chi connectivity index (χ4n) is 1.22. The molecule has 86 valence electrons. The zero-order valence-electron chi connectivity index (χ0n) is 10.0. The van der Waals surface area contributed by atoms with Crippen LogP contribution in [0.2, 0.25) is 0 Å². The lowest BCUT2D eigenvalue weighted by atomic mass is 10.3. The Morgan fingerprint density at radius 2 is 1.79 bits per heavy atom. The van der Waals surface area contributed by atoms with Gasteiger partial charge < -0.3 is 15.0 Å². The third kappa shape index (κ3) is 11.9. The predicted octanol–water partition coefficient (Wildman–Crippen LogP) is 1.34. The second kappa shape index (κ2) is 11.0. The Bertz CT molecular complexity index is 107. The van der Waals surface area contributed by atoms with Crippen LogP contribution in [0.5, 0.6) is 0 Å². The summed E-state index contributed by atoms with van der Waals surface area (Å²) in [4.78, 5) is 2.19. The van der Waals surface area contributed by atoms with Gasteiger partial charge in [-0.15, -0.1) is 0 Å². The standard InChI is InChI=1S/C11H26N2O/c1-4-12-8-5-6-10-14-11-7-9-13(2)3/h12H,4-11H2,1-3H3. The van der Waals surface area contributed by atoms with Crippen LogP contribution < -0.4 is 5.32 Å². The van der Waals surface area contributed by atoms with Crippen molar-refractivity contribution in [2.45, 2.75) is 26.2 Å². The molecular formula is C11H26N2O. The Morgan fingerprint density at radius 1 is 1.07 bits per heavy atom. The normalized spacial score (nSPS) is 11.1. The molecule has 0 amide bonds. The Morgan fingerprint density at radius 3 is 2.43 bits per heavy atom. The van der Waals surface area contributed by atoms with Crippen molar-refractivity contribution in [2.75, 3.05) is 46.9 Å². The number of rotatable bonds is 10. The fourth-order valence-corrected chi connectivity index (χ4v) is 1.22. The maximum Gasteiger partial charge on any atom is 0.0478 e. The molecule has 0 bridgehead atoms. The highest BCUT2D eigenvalue weighted by molar-refractivity contribution is 4.46. The van der Waals surface area contributed by atoms with Crippen LogP contribution in [0, 0.1) is 0 Å². The summed E-state index contributed by atoms with van der Waals surface area (Å²) in [5.74, 6) is 0. The number of hydrogen-bond acceptors (Lipinski definition) is 3. The van der Waals surface area contributed by atoms with Crippen molar-refractivity contribution >= 4 is 0 Å². The van der Waals surface area contributed by atoms with E-state index < -0.39 is 0 Å². The lowest BCUT2D eigenvalue weighted by molar-refractivity contribution is 0.122.